The molecule has 1 saturated heterocycles. The minimum atomic E-state index is -3.64. The van der Waals surface area contributed by atoms with E-state index in [9.17, 15) is 23.3 Å². The number of hydrogen-bond acceptors (Lipinski definition) is 9. The summed E-state index contributed by atoms with van der Waals surface area (Å²) in [6.07, 6.45) is 2.67. The topological polar surface area (TPSA) is 163 Å². The Morgan fingerprint density at radius 2 is 1.88 bits per heavy atom. The standard InChI is InChI=1S/C20H19N5O6S2/c21-18(26)13-7-8-17(16(12-13)25(27)28)32-20-23-22-19(31-20)14-5-4-6-15(11-14)33(29,30)24-9-2-1-3-10-24/h4-8,11-12H,1-3,9-10H2,(H2,21,26). The van der Waals surface area contributed by atoms with Gasteiger partial charge in [-0.25, -0.2) is 8.42 Å². The number of nitro benzene ring substituents is 1. The first-order valence-corrected chi connectivity index (χ1v) is 12.2. The molecule has 2 aromatic carbocycles. The highest BCUT2D eigenvalue weighted by Gasteiger charge is 2.27. The Bertz CT molecular complexity index is 1320. The smallest absolute Gasteiger partial charge is 0.284 e. The van der Waals surface area contributed by atoms with Crippen molar-refractivity contribution in [2.24, 2.45) is 5.73 Å². The third-order valence-corrected chi connectivity index (χ3v) is 7.88. The number of nitro groups is 1. The number of aromatic nitrogens is 2. The van der Waals surface area contributed by atoms with Gasteiger partial charge in [-0.3, -0.25) is 14.9 Å². The van der Waals surface area contributed by atoms with Crippen LogP contribution in [0.5, 0.6) is 0 Å². The van der Waals surface area contributed by atoms with Crippen molar-refractivity contribution in [3.8, 4) is 11.5 Å². The maximum atomic E-state index is 13.0. The number of piperidine rings is 1. The van der Waals surface area contributed by atoms with Gasteiger partial charge >= 0.3 is 0 Å². The number of carbonyl (C=O) groups is 1. The molecule has 172 valence electrons. The second-order valence-electron chi connectivity index (χ2n) is 7.27. The van der Waals surface area contributed by atoms with Crippen LogP contribution in [-0.2, 0) is 10.0 Å². The fourth-order valence-corrected chi connectivity index (χ4v) is 5.73. The Morgan fingerprint density at radius 3 is 2.58 bits per heavy atom. The lowest BCUT2D eigenvalue weighted by Crippen LogP contribution is -2.35. The van der Waals surface area contributed by atoms with Gasteiger partial charge in [0.05, 0.1) is 14.7 Å². The molecule has 0 aliphatic carbocycles. The van der Waals surface area contributed by atoms with Gasteiger partial charge in [0.25, 0.3) is 10.9 Å². The number of rotatable bonds is 7. The maximum absolute atomic E-state index is 13.0. The number of primary amides is 1. The molecule has 0 radical (unpaired) electrons. The summed E-state index contributed by atoms with van der Waals surface area (Å²) in [5.41, 5.74) is 5.27. The molecule has 3 aromatic rings. The first kappa shape index (κ1) is 22.9. The van der Waals surface area contributed by atoms with Crippen LogP contribution in [0.3, 0.4) is 0 Å². The molecule has 0 spiro atoms. The molecule has 0 atom stereocenters. The zero-order valence-electron chi connectivity index (χ0n) is 17.2. The van der Waals surface area contributed by atoms with E-state index in [1.54, 1.807) is 12.1 Å². The van der Waals surface area contributed by atoms with E-state index in [1.807, 2.05) is 0 Å². The van der Waals surface area contributed by atoms with Crippen LogP contribution in [0.2, 0.25) is 0 Å². The van der Waals surface area contributed by atoms with E-state index >= 15 is 0 Å². The van der Waals surface area contributed by atoms with Crippen LogP contribution in [0.4, 0.5) is 5.69 Å². The van der Waals surface area contributed by atoms with E-state index in [0.717, 1.165) is 37.1 Å². The van der Waals surface area contributed by atoms with Crippen molar-refractivity contribution in [2.75, 3.05) is 13.1 Å². The lowest BCUT2D eigenvalue weighted by molar-refractivity contribution is -0.387. The zero-order valence-corrected chi connectivity index (χ0v) is 18.8. The number of nitrogens with zero attached hydrogens (tertiary/aromatic N) is 4. The average molecular weight is 490 g/mol. The highest BCUT2D eigenvalue weighted by atomic mass is 32.2. The first-order valence-electron chi connectivity index (χ1n) is 9.96. The second-order valence-corrected chi connectivity index (χ2v) is 10.2. The van der Waals surface area contributed by atoms with Crippen molar-refractivity contribution >= 4 is 33.4 Å². The minimum absolute atomic E-state index is 0.00370. The van der Waals surface area contributed by atoms with Crippen molar-refractivity contribution in [1.82, 2.24) is 14.5 Å². The van der Waals surface area contributed by atoms with Gasteiger partial charge in [0.15, 0.2) is 0 Å². The molecule has 4 rings (SSSR count). The first-order chi connectivity index (χ1) is 15.8. The van der Waals surface area contributed by atoms with Gasteiger partial charge in [-0.1, -0.05) is 12.5 Å². The molecule has 0 bridgehead atoms. The molecular formula is C20H19N5O6S2. The van der Waals surface area contributed by atoms with Gasteiger partial charge in [-0.05, 0) is 54.9 Å². The molecule has 13 heteroatoms. The van der Waals surface area contributed by atoms with Crippen LogP contribution in [0.25, 0.3) is 11.5 Å². The van der Waals surface area contributed by atoms with E-state index in [-0.39, 0.29) is 32.2 Å². The van der Waals surface area contributed by atoms with E-state index in [2.05, 4.69) is 10.2 Å². The van der Waals surface area contributed by atoms with E-state index in [1.165, 1.54) is 28.6 Å². The molecule has 33 heavy (non-hydrogen) atoms. The molecule has 1 aliphatic rings. The molecule has 1 amide bonds. The van der Waals surface area contributed by atoms with Crippen LogP contribution in [0.1, 0.15) is 29.6 Å². The number of nitrogens with two attached hydrogens (primary N) is 1. The highest BCUT2D eigenvalue weighted by molar-refractivity contribution is 7.99. The summed E-state index contributed by atoms with van der Waals surface area (Å²) in [6.45, 7) is 0.975. The monoisotopic (exact) mass is 489 g/mol. The van der Waals surface area contributed by atoms with Crippen LogP contribution >= 0.6 is 11.8 Å². The Hall–Kier alpha value is -3.29. The van der Waals surface area contributed by atoms with E-state index < -0.39 is 20.9 Å². The predicted molar refractivity (Wildman–Crippen MR) is 118 cm³/mol. The summed E-state index contributed by atoms with van der Waals surface area (Å²) >= 11 is 0.850. The summed E-state index contributed by atoms with van der Waals surface area (Å²) in [6, 6.07) is 10.0. The van der Waals surface area contributed by atoms with Crippen LogP contribution < -0.4 is 5.73 Å². The lowest BCUT2D eigenvalue weighted by Gasteiger charge is -2.25. The largest absolute Gasteiger partial charge is 0.411 e. The Morgan fingerprint density at radius 1 is 1.12 bits per heavy atom. The molecule has 0 unspecified atom stereocenters. The highest BCUT2D eigenvalue weighted by Crippen LogP contribution is 2.36. The number of amides is 1. The summed E-state index contributed by atoms with van der Waals surface area (Å²) in [5, 5.41) is 19.3. The summed E-state index contributed by atoms with van der Waals surface area (Å²) in [4.78, 5) is 22.4. The Kier molecular flexibility index (Phi) is 6.44. The number of hydrogen-bond donors (Lipinski definition) is 1. The zero-order chi connectivity index (χ0) is 23.6. The van der Waals surface area contributed by atoms with Crippen molar-refractivity contribution < 1.29 is 22.6 Å². The lowest BCUT2D eigenvalue weighted by atomic mass is 10.2. The third-order valence-electron chi connectivity index (χ3n) is 5.08. The molecule has 11 nitrogen and oxygen atoms in total. The van der Waals surface area contributed by atoms with E-state index in [4.69, 9.17) is 10.2 Å². The summed E-state index contributed by atoms with van der Waals surface area (Å²) in [5.74, 6) is -0.710. The maximum Gasteiger partial charge on any atom is 0.284 e. The van der Waals surface area contributed by atoms with Crippen LogP contribution in [-0.4, -0.2) is 46.8 Å². The second kappa shape index (κ2) is 9.29. The van der Waals surface area contributed by atoms with Gasteiger partial charge in [0.1, 0.15) is 0 Å². The number of carbonyl (C=O) groups excluding carboxylic acids is 1. The molecule has 2 heterocycles. The predicted octanol–water partition coefficient (Wildman–Crippen LogP) is 3.07. The molecule has 2 N–H and O–H groups in total. The Labute approximate surface area is 193 Å². The average Bonchev–Trinajstić information content (AvgIpc) is 3.28. The third kappa shape index (κ3) is 4.89. The quantitative estimate of drug-likeness (QED) is 0.388. The van der Waals surface area contributed by atoms with E-state index in [0.29, 0.717) is 18.7 Å². The fraction of sp³-hybridized carbons (Fsp3) is 0.250. The van der Waals surface area contributed by atoms with Gasteiger partial charge in [-0.15, -0.1) is 10.2 Å². The normalized spacial score (nSPS) is 14.8. The minimum Gasteiger partial charge on any atom is -0.411 e. The SMILES string of the molecule is NC(=O)c1ccc(Sc2nnc(-c3cccc(S(=O)(=O)N4CCCCC4)c3)o2)c([N+](=O)[O-])c1. The van der Waals surface area contributed by atoms with Gasteiger partial charge in [0.2, 0.25) is 21.8 Å². The summed E-state index contributed by atoms with van der Waals surface area (Å²) in [7, 11) is -3.64. The number of benzene rings is 2. The molecule has 1 fully saturated rings. The Balaban J connectivity index is 1.59. The van der Waals surface area contributed by atoms with Gasteiger partial charge in [-0.2, -0.15) is 4.31 Å². The molecule has 1 aliphatic heterocycles. The molecular weight excluding hydrogens is 470 g/mol. The van der Waals surface area contributed by atoms with Crippen LogP contribution in [0, 0.1) is 10.1 Å². The van der Waals surface area contributed by atoms with Gasteiger partial charge < -0.3 is 10.2 Å². The van der Waals surface area contributed by atoms with Crippen molar-refractivity contribution in [3.63, 3.8) is 0 Å². The fourth-order valence-electron chi connectivity index (χ4n) is 3.41. The van der Waals surface area contributed by atoms with Crippen molar-refractivity contribution in [3.05, 3.63) is 58.1 Å². The molecule has 1 aromatic heterocycles. The van der Waals surface area contributed by atoms with Crippen molar-refractivity contribution in [1.29, 1.82) is 0 Å². The van der Waals surface area contributed by atoms with Crippen LogP contribution in [0.15, 0.2) is 61.9 Å². The number of sulfonamides is 1. The molecule has 0 saturated carbocycles. The summed E-state index contributed by atoms with van der Waals surface area (Å²) < 4.78 is 33.0. The van der Waals surface area contributed by atoms with Crippen molar-refractivity contribution in [2.45, 2.75) is 34.3 Å². The van der Waals surface area contributed by atoms with Gasteiger partial charge in [0, 0.05) is 30.3 Å².